The summed E-state index contributed by atoms with van der Waals surface area (Å²) in [7, 11) is 0. The van der Waals surface area contributed by atoms with E-state index in [1.807, 2.05) is 12.1 Å². The molecule has 1 aliphatic heterocycles. The first kappa shape index (κ1) is 17.2. The summed E-state index contributed by atoms with van der Waals surface area (Å²) < 4.78 is 11.1. The highest BCUT2D eigenvalue weighted by Crippen LogP contribution is 2.38. The van der Waals surface area contributed by atoms with Crippen LogP contribution in [0.15, 0.2) is 12.1 Å². The molecule has 1 aliphatic carbocycles. The molecule has 1 saturated carbocycles. The number of carbonyl (C=O) groups is 1. The molecule has 0 radical (unpaired) electrons. The maximum atomic E-state index is 12.1. The van der Waals surface area contributed by atoms with Gasteiger partial charge < -0.3 is 20.1 Å². The number of hydrogen-bond acceptors (Lipinski definition) is 3. The Morgan fingerprint density at radius 1 is 1.25 bits per heavy atom. The van der Waals surface area contributed by atoms with E-state index in [-0.39, 0.29) is 6.03 Å². The van der Waals surface area contributed by atoms with E-state index in [1.165, 1.54) is 19.3 Å². The van der Waals surface area contributed by atoms with Gasteiger partial charge in [0.2, 0.25) is 0 Å². The average Bonchev–Trinajstić information content (AvgIpc) is 2.57. The molecule has 1 heterocycles. The minimum atomic E-state index is -0.0857. The maximum absolute atomic E-state index is 12.1. The maximum Gasteiger partial charge on any atom is 0.315 e. The number of urea groups is 1. The van der Waals surface area contributed by atoms with Gasteiger partial charge in [0.25, 0.3) is 0 Å². The highest BCUT2D eigenvalue weighted by molar-refractivity contribution is 6.32. The Balaban J connectivity index is 1.47. The molecule has 0 saturated heterocycles. The number of carbonyl (C=O) groups excluding carboxylic acids is 1. The van der Waals surface area contributed by atoms with E-state index < -0.39 is 0 Å². The number of fused-ring (bicyclic) bond motifs is 1. The largest absolute Gasteiger partial charge is 0.486 e. The molecule has 2 aliphatic rings. The second-order valence-corrected chi connectivity index (χ2v) is 7.03. The van der Waals surface area contributed by atoms with E-state index in [2.05, 4.69) is 17.6 Å². The zero-order valence-corrected chi connectivity index (χ0v) is 14.8. The van der Waals surface area contributed by atoms with Crippen LogP contribution in [0.1, 0.15) is 38.2 Å². The average molecular weight is 353 g/mol. The van der Waals surface area contributed by atoms with E-state index in [0.29, 0.717) is 54.7 Å². The number of hydrogen-bond donors (Lipinski definition) is 2. The first-order valence-electron chi connectivity index (χ1n) is 8.76. The van der Waals surface area contributed by atoms with Crippen LogP contribution in [0.3, 0.4) is 0 Å². The molecule has 0 spiro atoms. The molecule has 24 heavy (non-hydrogen) atoms. The lowest BCUT2D eigenvalue weighted by atomic mass is 9.86. The van der Waals surface area contributed by atoms with E-state index >= 15 is 0 Å². The number of benzene rings is 1. The van der Waals surface area contributed by atoms with Gasteiger partial charge in [-0.2, -0.15) is 0 Å². The zero-order chi connectivity index (χ0) is 16.9. The van der Waals surface area contributed by atoms with Crippen molar-refractivity contribution in [3.8, 4) is 11.5 Å². The van der Waals surface area contributed by atoms with E-state index in [0.717, 1.165) is 12.0 Å². The van der Waals surface area contributed by atoms with Crippen molar-refractivity contribution in [2.45, 2.75) is 45.1 Å². The Morgan fingerprint density at radius 2 is 2.04 bits per heavy atom. The number of ether oxygens (including phenoxy) is 2. The van der Waals surface area contributed by atoms with Crippen molar-refractivity contribution in [3.63, 3.8) is 0 Å². The molecule has 132 valence electrons. The van der Waals surface area contributed by atoms with Gasteiger partial charge in [-0.1, -0.05) is 31.4 Å². The smallest absolute Gasteiger partial charge is 0.315 e. The molecule has 0 bridgehead atoms. The summed E-state index contributed by atoms with van der Waals surface area (Å²) in [6.45, 7) is 3.82. The standard InChI is InChI=1S/C18H25ClN2O3/c1-12-4-2-3-5-15(12)21-18(22)20-7-6-13-10-14(19)17-16(11-13)23-8-9-24-17/h10-12,15H,2-9H2,1H3,(H2,20,21,22). The molecule has 2 unspecified atom stereocenters. The summed E-state index contributed by atoms with van der Waals surface area (Å²) in [5.74, 6) is 1.86. The van der Waals surface area contributed by atoms with E-state index in [1.54, 1.807) is 0 Å². The number of amides is 2. The second-order valence-electron chi connectivity index (χ2n) is 6.62. The fraction of sp³-hybridized carbons (Fsp3) is 0.611. The fourth-order valence-electron chi connectivity index (χ4n) is 3.38. The quantitative estimate of drug-likeness (QED) is 0.871. The zero-order valence-electron chi connectivity index (χ0n) is 14.1. The summed E-state index contributed by atoms with van der Waals surface area (Å²) in [6.07, 6.45) is 5.44. The van der Waals surface area contributed by atoms with Crippen LogP contribution in [-0.4, -0.2) is 31.8 Å². The molecular formula is C18H25ClN2O3. The van der Waals surface area contributed by atoms with E-state index in [4.69, 9.17) is 21.1 Å². The molecular weight excluding hydrogens is 328 g/mol. The van der Waals surface area contributed by atoms with Crippen LogP contribution in [0.5, 0.6) is 11.5 Å². The van der Waals surface area contributed by atoms with Gasteiger partial charge in [0.15, 0.2) is 11.5 Å². The Kier molecular flexibility index (Phi) is 5.72. The number of rotatable bonds is 4. The topological polar surface area (TPSA) is 59.6 Å². The van der Waals surface area contributed by atoms with Crippen LogP contribution in [0.4, 0.5) is 4.79 Å². The predicted molar refractivity (Wildman–Crippen MR) is 94.1 cm³/mol. The normalized spacial score (nSPS) is 22.8. The number of nitrogens with one attached hydrogen (secondary N) is 2. The van der Waals surface area contributed by atoms with Gasteiger partial charge in [-0.05, 0) is 42.9 Å². The van der Waals surface area contributed by atoms with Gasteiger partial charge in [0.05, 0.1) is 5.02 Å². The van der Waals surface area contributed by atoms with Gasteiger partial charge >= 0.3 is 6.03 Å². The van der Waals surface area contributed by atoms with Crippen LogP contribution in [-0.2, 0) is 6.42 Å². The van der Waals surface area contributed by atoms with Crippen molar-refractivity contribution < 1.29 is 14.3 Å². The Hall–Kier alpha value is -1.62. The predicted octanol–water partition coefficient (Wildman–Crippen LogP) is 3.53. The molecule has 5 nitrogen and oxygen atoms in total. The van der Waals surface area contributed by atoms with E-state index in [9.17, 15) is 4.79 Å². The molecule has 2 amide bonds. The highest BCUT2D eigenvalue weighted by atomic mass is 35.5. The van der Waals surface area contributed by atoms with Gasteiger partial charge in [-0.3, -0.25) is 0 Å². The monoisotopic (exact) mass is 352 g/mol. The molecule has 1 fully saturated rings. The molecule has 0 aromatic heterocycles. The van der Waals surface area contributed by atoms with Crippen molar-refractivity contribution in [1.82, 2.24) is 10.6 Å². The van der Waals surface area contributed by atoms with Crippen molar-refractivity contribution in [2.75, 3.05) is 19.8 Å². The summed E-state index contributed by atoms with van der Waals surface area (Å²) in [4.78, 5) is 12.1. The van der Waals surface area contributed by atoms with Crippen molar-refractivity contribution in [2.24, 2.45) is 5.92 Å². The lowest BCUT2D eigenvalue weighted by molar-refractivity contribution is 0.171. The summed E-state index contributed by atoms with van der Waals surface area (Å²) in [5, 5.41) is 6.59. The lowest BCUT2D eigenvalue weighted by Crippen LogP contribution is -2.46. The van der Waals surface area contributed by atoms with Gasteiger partial charge in [-0.25, -0.2) is 4.79 Å². The van der Waals surface area contributed by atoms with Crippen LogP contribution in [0, 0.1) is 5.92 Å². The summed E-state index contributed by atoms with van der Waals surface area (Å²) >= 11 is 6.23. The Morgan fingerprint density at radius 3 is 2.88 bits per heavy atom. The van der Waals surface area contributed by atoms with Gasteiger partial charge in [0.1, 0.15) is 13.2 Å². The SMILES string of the molecule is CC1CCCCC1NC(=O)NCCc1cc(Cl)c2c(c1)OCCO2. The van der Waals surface area contributed by atoms with Gasteiger partial charge in [0, 0.05) is 12.6 Å². The first-order chi connectivity index (χ1) is 11.6. The molecule has 1 aromatic rings. The van der Waals surface area contributed by atoms with Crippen molar-refractivity contribution in [1.29, 1.82) is 0 Å². The van der Waals surface area contributed by atoms with Crippen LogP contribution >= 0.6 is 11.6 Å². The molecule has 2 N–H and O–H groups in total. The summed E-state index contributed by atoms with van der Waals surface area (Å²) in [5.41, 5.74) is 1.02. The van der Waals surface area contributed by atoms with Crippen molar-refractivity contribution in [3.05, 3.63) is 22.7 Å². The van der Waals surface area contributed by atoms with Gasteiger partial charge in [-0.15, -0.1) is 0 Å². The lowest BCUT2D eigenvalue weighted by Gasteiger charge is -2.29. The third-order valence-corrected chi connectivity index (χ3v) is 5.06. The summed E-state index contributed by atoms with van der Waals surface area (Å²) in [6, 6.07) is 4.01. The molecule has 6 heteroatoms. The van der Waals surface area contributed by atoms with Crippen molar-refractivity contribution >= 4 is 17.6 Å². The number of halogens is 1. The third-order valence-electron chi connectivity index (χ3n) is 4.78. The molecule has 2 atom stereocenters. The van der Waals surface area contributed by atoms with Crippen LogP contribution in [0.25, 0.3) is 0 Å². The second kappa shape index (κ2) is 7.97. The minimum absolute atomic E-state index is 0.0857. The molecule has 3 rings (SSSR count). The van der Waals surface area contributed by atoms with Crippen LogP contribution in [0.2, 0.25) is 5.02 Å². The minimum Gasteiger partial charge on any atom is -0.486 e. The Labute approximate surface area is 148 Å². The highest BCUT2D eigenvalue weighted by Gasteiger charge is 2.22. The van der Waals surface area contributed by atoms with Crippen LogP contribution < -0.4 is 20.1 Å². The molecule has 1 aromatic carbocycles. The first-order valence-corrected chi connectivity index (χ1v) is 9.13. The Bertz CT molecular complexity index is 594. The fourth-order valence-corrected chi connectivity index (χ4v) is 3.67. The third kappa shape index (κ3) is 4.26.